The van der Waals surface area contributed by atoms with Gasteiger partial charge < -0.3 is 13.8 Å². The van der Waals surface area contributed by atoms with Gasteiger partial charge in [0.25, 0.3) is 0 Å². The average Bonchev–Trinajstić information content (AvgIpc) is 3.11. The standard InChI is InChI=1S/C44H83O3P/c1-4-6-8-10-12-14-16-18-20-22-24-26-28-30-32-34-40-46-48(42-43-36-38-44(45-3)39-37-43)47-41-35-33-31-29-27-25-23-21-19-17-15-13-11-9-7-5-2/h36-39H,4-35,40-42H2,1-3H3. The number of unbranched alkanes of at least 4 members (excludes halogenated alkanes) is 30. The summed E-state index contributed by atoms with van der Waals surface area (Å²) in [5, 5.41) is 0. The van der Waals surface area contributed by atoms with Crippen LogP contribution in [0.3, 0.4) is 0 Å². The largest absolute Gasteiger partial charge is 0.497 e. The highest BCUT2D eigenvalue weighted by atomic mass is 31.2. The third-order valence-corrected chi connectivity index (χ3v) is 11.5. The van der Waals surface area contributed by atoms with Crippen LogP contribution in [-0.2, 0) is 15.2 Å². The van der Waals surface area contributed by atoms with Crippen molar-refractivity contribution in [3.8, 4) is 5.75 Å². The lowest BCUT2D eigenvalue weighted by molar-refractivity contribution is 0.239. The van der Waals surface area contributed by atoms with Crippen molar-refractivity contribution in [2.45, 2.75) is 225 Å². The first-order valence-corrected chi connectivity index (χ1v) is 22.8. The Morgan fingerprint density at radius 1 is 0.375 bits per heavy atom. The summed E-state index contributed by atoms with van der Waals surface area (Å²) < 4.78 is 18.1. The molecule has 0 aromatic heterocycles. The zero-order valence-electron chi connectivity index (χ0n) is 32.7. The first-order chi connectivity index (χ1) is 23.8. The van der Waals surface area contributed by atoms with Crippen LogP contribution in [0.15, 0.2) is 24.3 Å². The Bertz CT molecular complexity index is 701. The zero-order valence-corrected chi connectivity index (χ0v) is 33.6. The molecule has 0 fully saturated rings. The monoisotopic (exact) mass is 691 g/mol. The fraction of sp³-hybridized carbons (Fsp3) is 0.864. The lowest BCUT2D eigenvalue weighted by Gasteiger charge is -2.18. The Labute approximate surface area is 302 Å². The molecule has 1 rings (SSSR count). The number of rotatable bonds is 39. The van der Waals surface area contributed by atoms with Crippen LogP contribution in [-0.4, -0.2) is 20.3 Å². The molecule has 0 spiro atoms. The molecule has 0 bridgehead atoms. The molecule has 0 amide bonds. The van der Waals surface area contributed by atoms with E-state index < -0.39 is 8.38 Å². The number of benzene rings is 1. The van der Waals surface area contributed by atoms with Gasteiger partial charge in [-0.3, -0.25) is 0 Å². The van der Waals surface area contributed by atoms with Crippen molar-refractivity contribution < 1.29 is 13.8 Å². The van der Waals surface area contributed by atoms with Crippen LogP contribution in [0.5, 0.6) is 5.75 Å². The normalized spacial score (nSPS) is 11.6. The van der Waals surface area contributed by atoms with Gasteiger partial charge in [0.15, 0.2) is 8.38 Å². The van der Waals surface area contributed by atoms with E-state index in [-0.39, 0.29) is 0 Å². The van der Waals surface area contributed by atoms with E-state index in [4.69, 9.17) is 13.8 Å². The maximum Gasteiger partial charge on any atom is 0.175 e. The van der Waals surface area contributed by atoms with Crippen LogP contribution in [0.4, 0.5) is 0 Å². The van der Waals surface area contributed by atoms with Crippen molar-refractivity contribution in [3.05, 3.63) is 29.8 Å². The summed E-state index contributed by atoms with van der Waals surface area (Å²) >= 11 is 0. The van der Waals surface area contributed by atoms with Gasteiger partial charge in [-0.1, -0.05) is 219 Å². The second-order valence-electron chi connectivity index (χ2n) is 14.6. The van der Waals surface area contributed by atoms with Gasteiger partial charge in [0.1, 0.15) is 5.75 Å². The van der Waals surface area contributed by atoms with Crippen molar-refractivity contribution in [1.29, 1.82) is 0 Å². The van der Waals surface area contributed by atoms with Gasteiger partial charge in [-0.15, -0.1) is 0 Å². The van der Waals surface area contributed by atoms with Gasteiger partial charge in [0, 0.05) is 6.16 Å². The molecule has 1 aromatic rings. The molecule has 282 valence electrons. The second-order valence-corrected chi connectivity index (χ2v) is 16.1. The van der Waals surface area contributed by atoms with E-state index >= 15 is 0 Å². The number of hydrogen-bond donors (Lipinski definition) is 0. The summed E-state index contributed by atoms with van der Waals surface area (Å²) in [5.41, 5.74) is 1.28. The summed E-state index contributed by atoms with van der Waals surface area (Å²) in [6.07, 6.45) is 45.6. The Morgan fingerprint density at radius 2 is 0.646 bits per heavy atom. The lowest BCUT2D eigenvalue weighted by atomic mass is 10.0. The maximum atomic E-state index is 6.36. The van der Waals surface area contributed by atoms with Crippen molar-refractivity contribution in [2.75, 3.05) is 20.3 Å². The SMILES string of the molecule is CCCCCCCCCCCCCCCCCCOP(Cc1ccc(OC)cc1)OCCCCCCCCCCCCCCCCCC. The predicted octanol–water partition coefficient (Wildman–Crippen LogP) is 16.1. The summed E-state index contributed by atoms with van der Waals surface area (Å²) in [6, 6.07) is 8.41. The molecule has 0 aliphatic heterocycles. The number of hydrogen-bond acceptors (Lipinski definition) is 3. The highest BCUT2D eigenvalue weighted by molar-refractivity contribution is 7.46. The van der Waals surface area contributed by atoms with Crippen LogP contribution in [0, 0.1) is 0 Å². The molecule has 0 saturated heterocycles. The molecule has 0 N–H and O–H groups in total. The molecular weight excluding hydrogens is 607 g/mol. The molecule has 0 radical (unpaired) electrons. The Hall–Kier alpha value is -0.630. The first kappa shape index (κ1) is 45.4. The van der Waals surface area contributed by atoms with E-state index in [2.05, 4.69) is 26.0 Å². The van der Waals surface area contributed by atoms with Crippen LogP contribution in [0.2, 0.25) is 0 Å². The molecule has 48 heavy (non-hydrogen) atoms. The van der Waals surface area contributed by atoms with Crippen molar-refractivity contribution in [1.82, 2.24) is 0 Å². The molecule has 0 atom stereocenters. The average molecular weight is 691 g/mol. The van der Waals surface area contributed by atoms with Crippen LogP contribution in [0.1, 0.15) is 225 Å². The summed E-state index contributed by atoms with van der Waals surface area (Å²) in [7, 11) is 0.848. The predicted molar refractivity (Wildman–Crippen MR) is 215 cm³/mol. The van der Waals surface area contributed by atoms with E-state index in [0.29, 0.717) is 0 Å². The van der Waals surface area contributed by atoms with E-state index in [1.165, 1.54) is 198 Å². The molecule has 0 aliphatic carbocycles. The molecule has 4 heteroatoms. The van der Waals surface area contributed by atoms with E-state index in [1.807, 2.05) is 12.1 Å². The van der Waals surface area contributed by atoms with Crippen LogP contribution >= 0.6 is 8.38 Å². The minimum Gasteiger partial charge on any atom is -0.497 e. The van der Waals surface area contributed by atoms with Crippen molar-refractivity contribution >= 4 is 8.38 Å². The fourth-order valence-electron chi connectivity index (χ4n) is 6.64. The third kappa shape index (κ3) is 31.4. The zero-order chi connectivity index (χ0) is 34.4. The van der Waals surface area contributed by atoms with Gasteiger partial charge >= 0.3 is 0 Å². The molecule has 0 heterocycles. The highest BCUT2D eigenvalue weighted by Gasteiger charge is 2.12. The van der Waals surface area contributed by atoms with Gasteiger partial charge in [-0.2, -0.15) is 0 Å². The number of ether oxygens (including phenoxy) is 1. The van der Waals surface area contributed by atoms with Gasteiger partial charge in [-0.05, 0) is 30.5 Å². The van der Waals surface area contributed by atoms with Crippen LogP contribution in [0.25, 0.3) is 0 Å². The van der Waals surface area contributed by atoms with Crippen molar-refractivity contribution in [2.24, 2.45) is 0 Å². The first-order valence-electron chi connectivity index (χ1n) is 21.5. The quantitative estimate of drug-likeness (QED) is 0.0508. The third-order valence-electron chi connectivity index (χ3n) is 9.94. The maximum absolute atomic E-state index is 6.36. The van der Waals surface area contributed by atoms with Gasteiger partial charge in [0.2, 0.25) is 0 Å². The smallest absolute Gasteiger partial charge is 0.175 e. The summed E-state index contributed by atoms with van der Waals surface area (Å²) in [5.74, 6) is 0.909. The molecule has 0 saturated carbocycles. The molecule has 3 nitrogen and oxygen atoms in total. The van der Waals surface area contributed by atoms with E-state index in [1.54, 1.807) is 7.11 Å². The fourth-order valence-corrected chi connectivity index (χ4v) is 8.07. The second kappa shape index (κ2) is 37.6. The van der Waals surface area contributed by atoms with E-state index in [9.17, 15) is 0 Å². The number of methoxy groups -OCH3 is 1. The van der Waals surface area contributed by atoms with Gasteiger partial charge in [0.05, 0.1) is 20.3 Å². The van der Waals surface area contributed by atoms with Gasteiger partial charge in [-0.25, -0.2) is 0 Å². The minimum atomic E-state index is -0.879. The van der Waals surface area contributed by atoms with Crippen molar-refractivity contribution in [3.63, 3.8) is 0 Å². The van der Waals surface area contributed by atoms with E-state index in [0.717, 1.165) is 38.0 Å². The molecular formula is C44H83O3P. The Balaban J connectivity index is 2.05. The minimum absolute atomic E-state index is 0.833. The summed E-state index contributed by atoms with van der Waals surface area (Å²) in [4.78, 5) is 0. The van der Waals surface area contributed by atoms with Crippen LogP contribution < -0.4 is 4.74 Å². The topological polar surface area (TPSA) is 27.7 Å². The molecule has 0 aliphatic rings. The molecule has 1 aromatic carbocycles. The molecule has 0 unspecified atom stereocenters. The Morgan fingerprint density at radius 3 is 0.917 bits per heavy atom. The highest BCUT2D eigenvalue weighted by Crippen LogP contribution is 2.43. The Kier molecular flexibility index (Phi) is 35.6. The summed E-state index contributed by atoms with van der Waals surface area (Å²) in [6.45, 7) is 6.27. The lowest BCUT2D eigenvalue weighted by Crippen LogP contribution is -1.99.